The number of fused-ring (bicyclic) bond motifs is 1. The van der Waals surface area contributed by atoms with Crippen LogP contribution in [0.15, 0.2) is 30.6 Å². The number of aryl methyl sites for hydroxylation is 1. The second-order valence-corrected chi connectivity index (χ2v) is 6.06. The average Bonchev–Trinajstić information content (AvgIpc) is 3.19. The van der Waals surface area contributed by atoms with Gasteiger partial charge < -0.3 is 19.9 Å². The molecule has 1 aliphatic heterocycles. The maximum Gasteiger partial charge on any atom is 0.231 e. The molecule has 2 aromatic rings. The zero-order valence-electron chi connectivity index (χ0n) is 13.7. The lowest BCUT2D eigenvalue weighted by Crippen LogP contribution is -2.36. The number of hydrogen-bond acceptors (Lipinski definition) is 5. The molecule has 1 aromatic heterocycles. The van der Waals surface area contributed by atoms with Crippen LogP contribution in [0.5, 0.6) is 11.5 Å². The Bertz CT molecular complexity index is 671. The van der Waals surface area contributed by atoms with Crippen LogP contribution in [0, 0.1) is 6.92 Å². The Balaban J connectivity index is 1.57. The number of nitrogens with zero attached hydrogens (tertiary/aromatic N) is 2. The van der Waals surface area contributed by atoms with Gasteiger partial charge in [0.2, 0.25) is 6.79 Å². The Kier molecular flexibility index (Phi) is 4.54. The van der Waals surface area contributed by atoms with Gasteiger partial charge in [0, 0.05) is 18.8 Å². The van der Waals surface area contributed by atoms with Crippen molar-refractivity contribution >= 4 is 0 Å². The van der Waals surface area contributed by atoms with Crippen LogP contribution in [0.2, 0.25) is 0 Å². The van der Waals surface area contributed by atoms with E-state index in [9.17, 15) is 5.11 Å². The molecule has 0 fully saturated rings. The highest BCUT2D eigenvalue weighted by Crippen LogP contribution is 2.34. The zero-order valence-corrected chi connectivity index (χ0v) is 13.7. The summed E-state index contributed by atoms with van der Waals surface area (Å²) in [5, 5.41) is 18.1. The SMILES string of the molecule is Cc1cnn(C(C)C(C)NCC(O)c2ccc3c(c2)OCO3)c1. The Hall–Kier alpha value is -2.05. The standard InChI is InChI=1S/C17H23N3O3/c1-11-7-19-20(9-11)13(3)12(2)18-8-15(21)14-4-5-16-17(6-14)23-10-22-16/h4-7,9,12-13,15,18,21H,8,10H2,1-3H3. The summed E-state index contributed by atoms with van der Waals surface area (Å²) in [5.41, 5.74) is 1.96. The van der Waals surface area contributed by atoms with E-state index in [1.165, 1.54) is 0 Å². The molecule has 3 unspecified atom stereocenters. The number of benzene rings is 1. The van der Waals surface area contributed by atoms with Crippen LogP contribution in [0.1, 0.15) is 37.1 Å². The van der Waals surface area contributed by atoms with Gasteiger partial charge in [-0.15, -0.1) is 0 Å². The van der Waals surface area contributed by atoms with E-state index in [-0.39, 0.29) is 18.9 Å². The Morgan fingerprint density at radius 2 is 2.09 bits per heavy atom. The Morgan fingerprint density at radius 1 is 1.30 bits per heavy atom. The second kappa shape index (κ2) is 6.60. The molecule has 0 spiro atoms. The van der Waals surface area contributed by atoms with Crippen LogP contribution in [-0.4, -0.2) is 34.3 Å². The monoisotopic (exact) mass is 317 g/mol. The minimum atomic E-state index is -0.599. The third kappa shape index (κ3) is 3.48. The number of hydrogen-bond donors (Lipinski definition) is 2. The lowest BCUT2D eigenvalue weighted by molar-refractivity contribution is 0.164. The van der Waals surface area contributed by atoms with Crippen molar-refractivity contribution in [2.75, 3.05) is 13.3 Å². The lowest BCUT2D eigenvalue weighted by atomic mass is 10.1. The molecule has 0 amide bonds. The van der Waals surface area contributed by atoms with E-state index in [4.69, 9.17) is 9.47 Å². The van der Waals surface area contributed by atoms with Gasteiger partial charge in [-0.05, 0) is 44.0 Å². The first-order valence-electron chi connectivity index (χ1n) is 7.86. The molecule has 0 saturated heterocycles. The number of aliphatic hydroxyl groups excluding tert-OH is 1. The minimum absolute atomic E-state index is 0.179. The highest BCUT2D eigenvalue weighted by atomic mass is 16.7. The molecule has 6 nitrogen and oxygen atoms in total. The second-order valence-electron chi connectivity index (χ2n) is 6.06. The van der Waals surface area contributed by atoms with Gasteiger partial charge in [-0.3, -0.25) is 4.68 Å². The molecule has 0 saturated carbocycles. The number of ether oxygens (including phenoxy) is 2. The Labute approximate surface area is 136 Å². The zero-order chi connectivity index (χ0) is 16.4. The van der Waals surface area contributed by atoms with Gasteiger partial charge in [0.05, 0.1) is 18.3 Å². The number of nitrogens with one attached hydrogen (secondary N) is 1. The van der Waals surface area contributed by atoms with E-state index in [0.717, 1.165) is 16.9 Å². The van der Waals surface area contributed by atoms with Crippen LogP contribution >= 0.6 is 0 Å². The van der Waals surface area contributed by atoms with Crippen LogP contribution < -0.4 is 14.8 Å². The average molecular weight is 317 g/mol. The summed E-state index contributed by atoms with van der Waals surface area (Å²) < 4.78 is 12.6. The largest absolute Gasteiger partial charge is 0.454 e. The fraction of sp³-hybridized carbons (Fsp3) is 0.471. The first kappa shape index (κ1) is 15.8. The summed E-state index contributed by atoms with van der Waals surface area (Å²) in [6.07, 6.45) is 3.28. The van der Waals surface area contributed by atoms with Crippen molar-refractivity contribution in [1.82, 2.24) is 15.1 Å². The normalized spacial score (nSPS) is 17.0. The first-order chi connectivity index (χ1) is 11.0. The summed E-state index contributed by atoms with van der Waals surface area (Å²) in [4.78, 5) is 0. The van der Waals surface area contributed by atoms with Gasteiger partial charge in [-0.2, -0.15) is 5.10 Å². The van der Waals surface area contributed by atoms with Crippen LogP contribution in [0.25, 0.3) is 0 Å². The number of aromatic nitrogens is 2. The molecule has 3 rings (SSSR count). The van der Waals surface area contributed by atoms with E-state index < -0.39 is 6.10 Å². The van der Waals surface area contributed by atoms with Crippen LogP contribution in [0.4, 0.5) is 0 Å². The smallest absolute Gasteiger partial charge is 0.231 e. The molecule has 0 aliphatic carbocycles. The summed E-state index contributed by atoms with van der Waals surface area (Å²) >= 11 is 0. The van der Waals surface area contributed by atoms with Gasteiger partial charge in [-0.25, -0.2) is 0 Å². The number of aliphatic hydroxyl groups is 1. The lowest BCUT2D eigenvalue weighted by Gasteiger charge is -2.23. The number of rotatable bonds is 6. The topological polar surface area (TPSA) is 68.5 Å². The van der Waals surface area contributed by atoms with Crippen molar-refractivity contribution in [1.29, 1.82) is 0 Å². The third-order valence-corrected chi connectivity index (χ3v) is 4.29. The molecule has 124 valence electrons. The minimum Gasteiger partial charge on any atom is -0.454 e. The van der Waals surface area contributed by atoms with E-state index >= 15 is 0 Å². The van der Waals surface area contributed by atoms with Crippen LogP contribution in [-0.2, 0) is 0 Å². The molecule has 0 radical (unpaired) electrons. The van der Waals surface area contributed by atoms with E-state index in [2.05, 4.69) is 24.3 Å². The maximum absolute atomic E-state index is 10.4. The summed E-state index contributed by atoms with van der Waals surface area (Å²) in [5.74, 6) is 1.42. The highest BCUT2D eigenvalue weighted by molar-refractivity contribution is 5.45. The maximum atomic E-state index is 10.4. The summed E-state index contributed by atoms with van der Waals surface area (Å²) in [6, 6.07) is 5.91. The first-order valence-corrected chi connectivity index (χ1v) is 7.86. The van der Waals surface area contributed by atoms with Crippen molar-refractivity contribution < 1.29 is 14.6 Å². The summed E-state index contributed by atoms with van der Waals surface area (Å²) in [6.45, 7) is 6.93. The highest BCUT2D eigenvalue weighted by Gasteiger charge is 2.19. The van der Waals surface area contributed by atoms with E-state index in [1.807, 2.05) is 42.2 Å². The van der Waals surface area contributed by atoms with Gasteiger partial charge in [0.25, 0.3) is 0 Å². The Morgan fingerprint density at radius 3 is 2.83 bits per heavy atom. The summed E-state index contributed by atoms with van der Waals surface area (Å²) in [7, 11) is 0. The van der Waals surface area contributed by atoms with Gasteiger partial charge in [0.15, 0.2) is 11.5 Å². The quantitative estimate of drug-likeness (QED) is 0.855. The molecule has 2 N–H and O–H groups in total. The van der Waals surface area contributed by atoms with Crippen molar-refractivity contribution in [2.45, 2.75) is 39.0 Å². The van der Waals surface area contributed by atoms with Crippen molar-refractivity contribution in [3.63, 3.8) is 0 Å². The van der Waals surface area contributed by atoms with E-state index in [1.54, 1.807) is 0 Å². The molecule has 23 heavy (non-hydrogen) atoms. The predicted molar refractivity (Wildman–Crippen MR) is 86.7 cm³/mol. The van der Waals surface area contributed by atoms with Gasteiger partial charge in [-0.1, -0.05) is 6.07 Å². The molecule has 3 atom stereocenters. The van der Waals surface area contributed by atoms with Gasteiger partial charge >= 0.3 is 0 Å². The fourth-order valence-corrected chi connectivity index (χ4v) is 2.59. The van der Waals surface area contributed by atoms with Crippen molar-refractivity contribution in [3.05, 3.63) is 41.7 Å². The molecule has 2 heterocycles. The molecule has 1 aliphatic rings. The fourth-order valence-electron chi connectivity index (χ4n) is 2.59. The third-order valence-electron chi connectivity index (χ3n) is 4.29. The molecule has 0 bridgehead atoms. The van der Waals surface area contributed by atoms with Crippen molar-refractivity contribution in [3.8, 4) is 11.5 Å². The molecule has 1 aromatic carbocycles. The molecule has 6 heteroatoms. The van der Waals surface area contributed by atoms with E-state index in [0.29, 0.717) is 12.3 Å². The predicted octanol–water partition coefficient (Wildman–Crippen LogP) is 2.19. The molecular formula is C17H23N3O3. The van der Waals surface area contributed by atoms with Crippen molar-refractivity contribution in [2.24, 2.45) is 0 Å². The van der Waals surface area contributed by atoms with Crippen LogP contribution in [0.3, 0.4) is 0 Å². The molecular weight excluding hydrogens is 294 g/mol. The van der Waals surface area contributed by atoms with Gasteiger partial charge in [0.1, 0.15) is 0 Å².